The average Bonchev–Trinajstić information content (AvgIpc) is 3.08. The normalized spacial score (nSPS) is 20.0. The second-order valence-corrected chi connectivity index (χ2v) is 6.69. The van der Waals surface area contributed by atoms with Crippen LogP contribution in [0.5, 0.6) is 5.75 Å². The predicted molar refractivity (Wildman–Crippen MR) is 97.2 cm³/mol. The fourth-order valence-corrected chi connectivity index (χ4v) is 3.70. The van der Waals surface area contributed by atoms with Crippen molar-refractivity contribution in [3.63, 3.8) is 0 Å². The summed E-state index contributed by atoms with van der Waals surface area (Å²) in [5.74, 6) is 2.79. The number of aryl methyl sites for hydroxylation is 1. The van der Waals surface area contributed by atoms with E-state index in [1.54, 1.807) is 7.11 Å². The van der Waals surface area contributed by atoms with E-state index in [1.165, 1.54) is 0 Å². The molecule has 0 bridgehead atoms. The summed E-state index contributed by atoms with van der Waals surface area (Å²) < 4.78 is 7.49. The first-order valence-corrected chi connectivity index (χ1v) is 8.96. The van der Waals surface area contributed by atoms with Gasteiger partial charge in [0.15, 0.2) is 0 Å². The molecule has 1 amide bonds. The average molecular weight is 356 g/mol. The number of anilines is 1. The maximum atomic E-state index is 12.9. The topological polar surface area (TPSA) is 75.5 Å². The number of carbonyl (C=O) groups is 1. The molecule has 8 heteroatoms. The highest BCUT2D eigenvalue weighted by Crippen LogP contribution is 2.28. The number of benzene rings is 1. The molecule has 1 aromatic heterocycles. The summed E-state index contributed by atoms with van der Waals surface area (Å²) in [5.41, 5.74) is 1.09. The summed E-state index contributed by atoms with van der Waals surface area (Å²) in [7, 11) is 1.69. The summed E-state index contributed by atoms with van der Waals surface area (Å²) >= 11 is 0. The minimum absolute atomic E-state index is 0.156. The van der Waals surface area contributed by atoms with Crippen molar-refractivity contribution in [3.05, 3.63) is 35.9 Å². The van der Waals surface area contributed by atoms with Gasteiger partial charge >= 0.3 is 0 Å². The Bertz CT molecular complexity index is 797. The predicted octanol–water partition coefficient (Wildman–Crippen LogP) is 0.416. The van der Waals surface area contributed by atoms with Gasteiger partial charge in [-0.25, -0.2) is 0 Å². The third-order valence-electron chi connectivity index (χ3n) is 5.20. The molecule has 0 spiro atoms. The number of amides is 1. The first-order chi connectivity index (χ1) is 12.7. The lowest BCUT2D eigenvalue weighted by atomic mass is 10.1. The molecule has 1 unspecified atom stereocenters. The number of para-hydroxylation sites is 2. The number of hydrogen-bond donors (Lipinski definition) is 1. The van der Waals surface area contributed by atoms with Crippen LogP contribution >= 0.6 is 0 Å². The van der Waals surface area contributed by atoms with Crippen molar-refractivity contribution in [1.29, 1.82) is 0 Å². The zero-order valence-corrected chi connectivity index (χ0v) is 15.2. The molecule has 4 rings (SSSR count). The number of carbonyl (C=O) groups excluding carboxylic acids is 1. The molecule has 0 saturated carbocycles. The van der Waals surface area contributed by atoms with Gasteiger partial charge in [0, 0.05) is 32.7 Å². The van der Waals surface area contributed by atoms with E-state index in [0.29, 0.717) is 26.2 Å². The number of nitrogens with zero attached hydrogens (tertiary/aromatic N) is 5. The van der Waals surface area contributed by atoms with Crippen molar-refractivity contribution in [3.8, 4) is 5.75 Å². The van der Waals surface area contributed by atoms with Gasteiger partial charge < -0.3 is 19.1 Å². The van der Waals surface area contributed by atoms with Crippen molar-refractivity contribution in [2.75, 3.05) is 38.2 Å². The van der Waals surface area contributed by atoms with Gasteiger partial charge in [-0.15, -0.1) is 10.2 Å². The molecule has 2 aliphatic rings. The van der Waals surface area contributed by atoms with E-state index in [2.05, 4.69) is 26.5 Å². The first kappa shape index (κ1) is 16.8. The van der Waals surface area contributed by atoms with Gasteiger partial charge in [0.2, 0.25) is 5.91 Å². The summed E-state index contributed by atoms with van der Waals surface area (Å²) in [5, 5.41) is 11.5. The van der Waals surface area contributed by atoms with Crippen LogP contribution in [0.2, 0.25) is 0 Å². The summed E-state index contributed by atoms with van der Waals surface area (Å²) in [6.45, 7) is 6.13. The summed E-state index contributed by atoms with van der Waals surface area (Å²) in [6, 6.07) is 7.81. The molecule has 0 radical (unpaired) electrons. The van der Waals surface area contributed by atoms with Crippen LogP contribution in [0.4, 0.5) is 5.69 Å². The Kier molecular flexibility index (Phi) is 4.50. The lowest BCUT2D eigenvalue weighted by molar-refractivity contribution is -0.134. The van der Waals surface area contributed by atoms with E-state index < -0.39 is 0 Å². The van der Waals surface area contributed by atoms with Crippen molar-refractivity contribution in [1.82, 2.24) is 25.0 Å². The van der Waals surface area contributed by atoms with Crippen LogP contribution in [0.1, 0.15) is 11.6 Å². The second-order valence-electron chi connectivity index (χ2n) is 6.69. The molecule has 1 atom stereocenters. The molecule has 1 N–H and O–H groups in total. The number of piperazine rings is 1. The number of rotatable bonds is 3. The minimum Gasteiger partial charge on any atom is -0.495 e. The van der Waals surface area contributed by atoms with E-state index in [4.69, 9.17) is 4.74 Å². The first-order valence-electron chi connectivity index (χ1n) is 8.96. The van der Waals surface area contributed by atoms with Crippen molar-refractivity contribution in [2.24, 2.45) is 0 Å². The van der Waals surface area contributed by atoms with Crippen LogP contribution in [0.15, 0.2) is 24.3 Å². The number of hydrogen-bond acceptors (Lipinski definition) is 6. The van der Waals surface area contributed by atoms with Crippen LogP contribution in [0, 0.1) is 6.92 Å². The Balaban J connectivity index is 1.39. The van der Waals surface area contributed by atoms with Crippen molar-refractivity contribution in [2.45, 2.75) is 26.1 Å². The second kappa shape index (κ2) is 6.95. The highest BCUT2D eigenvalue weighted by molar-refractivity contribution is 5.82. The SMILES string of the molecule is COc1ccccc1N1CCN(C(=O)C2Cn3c(C)nnc3CN2)CC1. The van der Waals surface area contributed by atoms with Gasteiger partial charge in [-0.3, -0.25) is 10.1 Å². The maximum absolute atomic E-state index is 12.9. The van der Waals surface area contributed by atoms with E-state index in [-0.39, 0.29) is 11.9 Å². The molecule has 26 heavy (non-hydrogen) atoms. The molecule has 138 valence electrons. The monoisotopic (exact) mass is 356 g/mol. The molecule has 0 aliphatic carbocycles. The van der Waals surface area contributed by atoms with Crippen LogP contribution in [-0.4, -0.2) is 64.9 Å². The molecular formula is C18H24N6O2. The molecule has 3 heterocycles. The van der Waals surface area contributed by atoms with Crippen molar-refractivity contribution < 1.29 is 9.53 Å². The van der Waals surface area contributed by atoms with Gasteiger partial charge in [0.1, 0.15) is 23.4 Å². The maximum Gasteiger partial charge on any atom is 0.241 e. The molecular weight excluding hydrogens is 332 g/mol. The smallest absolute Gasteiger partial charge is 0.241 e. The quantitative estimate of drug-likeness (QED) is 0.859. The molecule has 8 nitrogen and oxygen atoms in total. The Hall–Kier alpha value is -2.61. The van der Waals surface area contributed by atoms with Crippen LogP contribution in [0.3, 0.4) is 0 Å². The van der Waals surface area contributed by atoms with Crippen LogP contribution in [0.25, 0.3) is 0 Å². The van der Waals surface area contributed by atoms with E-state index in [0.717, 1.165) is 36.2 Å². The minimum atomic E-state index is -0.213. The zero-order chi connectivity index (χ0) is 18.1. The number of fused-ring (bicyclic) bond motifs is 1. The fourth-order valence-electron chi connectivity index (χ4n) is 3.70. The summed E-state index contributed by atoms with van der Waals surface area (Å²) in [6.07, 6.45) is 0. The number of ether oxygens (including phenoxy) is 1. The van der Waals surface area contributed by atoms with E-state index in [1.807, 2.05) is 34.6 Å². The lowest BCUT2D eigenvalue weighted by Crippen LogP contribution is -2.56. The molecule has 1 aromatic carbocycles. The number of nitrogens with one attached hydrogen (secondary N) is 1. The zero-order valence-electron chi connectivity index (χ0n) is 15.2. The number of methoxy groups -OCH3 is 1. The Morgan fingerprint density at radius 3 is 2.73 bits per heavy atom. The van der Waals surface area contributed by atoms with E-state index in [9.17, 15) is 4.79 Å². The Morgan fingerprint density at radius 1 is 1.19 bits per heavy atom. The van der Waals surface area contributed by atoms with E-state index >= 15 is 0 Å². The van der Waals surface area contributed by atoms with Crippen molar-refractivity contribution >= 4 is 11.6 Å². The third-order valence-corrected chi connectivity index (χ3v) is 5.20. The van der Waals surface area contributed by atoms with Gasteiger partial charge in [-0.2, -0.15) is 0 Å². The van der Waals surface area contributed by atoms with Crippen LogP contribution < -0.4 is 15.0 Å². The summed E-state index contributed by atoms with van der Waals surface area (Å²) in [4.78, 5) is 17.2. The van der Waals surface area contributed by atoms with Gasteiger partial charge in [0.05, 0.1) is 19.3 Å². The Morgan fingerprint density at radius 2 is 1.96 bits per heavy atom. The molecule has 1 saturated heterocycles. The number of aromatic nitrogens is 3. The highest BCUT2D eigenvalue weighted by Gasteiger charge is 2.31. The lowest BCUT2D eigenvalue weighted by Gasteiger charge is -2.38. The fraction of sp³-hybridized carbons (Fsp3) is 0.500. The Labute approximate surface area is 152 Å². The molecule has 2 aliphatic heterocycles. The van der Waals surface area contributed by atoms with Gasteiger partial charge in [-0.05, 0) is 19.1 Å². The third kappa shape index (κ3) is 3.01. The highest BCUT2D eigenvalue weighted by atomic mass is 16.5. The molecule has 1 fully saturated rings. The van der Waals surface area contributed by atoms with Gasteiger partial charge in [-0.1, -0.05) is 12.1 Å². The van der Waals surface area contributed by atoms with Crippen LogP contribution in [-0.2, 0) is 17.9 Å². The van der Waals surface area contributed by atoms with Gasteiger partial charge in [0.25, 0.3) is 0 Å². The standard InChI is InChI=1S/C18H24N6O2/c1-13-20-21-17-11-19-14(12-24(13)17)18(25)23-9-7-22(8-10-23)15-5-3-4-6-16(15)26-2/h3-6,14,19H,7-12H2,1-2H3. The largest absolute Gasteiger partial charge is 0.495 e. The molecule has 2 aromatic rings.